The average Bonchev–Trinajstić information content (AvgIpc) is 2.99. The van der Waals surface area contributed by atoms with Crippen LogP contribution in [0.25, 0.3) is 6.08 Å². The summed E-state index contributed by atoms with van der Waals surface area (Å²) in [6, 6.07) is 3.48. The highest BCUT2D eigenvalue weighted by Crippen LogP contribution is 2.38. The van der Waals surface area contributed by atoms with E-state index in [0.717, 1.165) is 0 Å². The summed E-state index contributed by atoms with van der Waals surface area (Å²) in [4.78, 5) is 27.7. The Balaban J connectivity index is 2.35. The molecule has 1 aromatic heterocycles. The molecular weight excluding hydrogens is 362 g/mol. The fourth-order valence-corrected chi connectivity index (χ4v) is 2.98. The van der Waals surface area contributed by atoms with Gasteiger partial charge in [-0.15, -0.1) is 0 Å². The Morgan fingerprint density at radius 2 is 1.64 bits per heavy atom. The molecule has 0 aliphatic heterocycles. The molecule has 1 aromatic carbocycles. The number of aryl methyl sites for hydroxylation is 1. The van der Waals surface area contributed by atoms with Crippen molar-refractivity contribution in [3.63, 3.8) is 0 Å². The largest absolute Gasteiger partial charge is 0.493 e. The number of carbonyl (C=O) groups is 2. The molecule has 2 aromatic rings. The Hall–Kier alpha value is -3.22. The second kappa shape index (κ2) is 9.12. The molecule has 2 rings (SSSR count). The predicted octanol–water partition coefficient (Wildman–Crippen LogP) is 3.73. The molecule has 7 heteroatoms. The molecule has 0 aliphatic carbocycles. The number of H-pyrrole nitrogens is 1. The van der Waals surface area contributed by atoms with Gasteiger partial charge in [0.15, 0.2) is 17.3 Å². The lowest BCUT2D eigenvalue weighted by atomic mass is 10.0. The molecule has 150 valence electrons. The normalized spacial score (nSPS) is 10.8. The van der Waals surface area contributed by atoms with Crippen LogP contribution in [0.5, 0.6) is 17.2 Å². The molecule has 0 unspecified atom stereocenters. The topological polar surface area (TPSA) is 86.9 Å². The second-order valence-electron chi connectivity index (χ2n) is 6.00. The molecule has 0 bridgehead atoms. The van der Waals surface area contributed by atoms with E-state index in [2.05, 4.69) is 4.98 Å². The Bertz CT molecular complexity index is 885. The number of hydrogen-bond acceptors (Lipinski definition) is 6. The van der Waals surface area contributed by atoms with Gasteiger partial charge in [0.25, 0.3) is 0 Å². The minimum Gasteiger partial charge on any atom is -0.493 e. The number of aromatic nitrogens is 1. The van der Waals surface area contributed by atoms with Crippen molar-refractivity contribution in [2.24, 2.45) is 0 Å². The van der Waals surface area contributed by atoms with Gasteiger partial charge in [0.1, 0.15) is 5.69 Å². The van der Waals surface area contributed by atoms with E-state index < -0.39 is 5.97 Å². The van der Waals surface area contributed by atoms with Crippen LogP contribution in [0.3, 0.4) is 0 Å². The zero-order valence-electron chi connectivity index (χ0n) is 17.0. The van der Waals surface area contributed by atoms with Crippen LogP contribution in [0.1, 0.15) is 44.6 Å². The van der Waals surface area contributed by atoms with Crippen LogP contribution in [-0.2, 0) is 4.74 Å². The first-order valence-electron chi connectivity index (χ1n) is 8.76. The SMILES string of the molecule is CCOC(=O)c1[nH]c(C)c(C(=O)C=Cc2cc(OC)c(OC)c(OC)c2)c1C. The fraction of sp³-hybridized carbons (Fsp3) is 0.333. The predicted molar refractivity (Wildman–Crippen MR) is 106 cm³/mol. The molecule has 0 amide bonds. The zero-order valence-corrected chi connectivity index (χ0v) is 17.0. The van der Waals surface area contributed by atoms with Crippen LogP contribution in [0, 0.1) is 13.8 Å². The van der Waals surface area contributed by atoms with Gasteiger partial charge in [-0.2, -0.15) is 0 Å². The van der Waals surface area contributed by atoms with E-state index in [9.17, 15) is 9.59 Å². The van der Waals surface area contributed by atoms with E-state index in [1.807, 2.05) is 0 Å². The van der Waals surface area contributed by atoms with E-state index >= 15 is 0 Å². The Labute approximate surface area is 164 Å². The number of methoxy groups -OCH3 is 3. The lowest BCUT2D eigenvalue weighted by molar-refractivity contribution is 0.0519. The van der Waals surface area contributed by atoms with Crippen molar-refractivity contribution in [2.45, 2.75) is 20.8 Å². The Kier molecular flexibility index (Phi) is 6.87. The summed E-state index contributed by atoms with van der Waals surface area (Å²) in [6.45, 7) is 5.46. The van der Waals surface area contributed by atoms with Crippen LogP contribution < -0.4 is 14.2 Å². The number of ether oxygens (including phenoxy) is 4. The molecule has 7 nitrogen and oxygen atoms in total. The first kappa shape index (κ1) is 21.1. The summed E-state index contributed by atoms with van der Waals surface area (Å²) >= 11 is 0. The average molecular weight is 387 g/mol. The maximum absolute atomic E-state index is 12.7. The smallest absolute Gasteiger partial charge is 0.355 e. The van der Waals surface area contributed by atoms with Gasteiger partial charge in [-0.05, 0) is 50.1 Å². The van der Waals surface area contributed by atoms with Gasteiger partial charge in [0.05, 0.1) is 27.9 Å². The molecule has 0 saturated carbocycles. The summed E-state index contributed by atoms with van der Waals surface area (Å²) in [5, 5.41) is 0. The number of esters is 1. The summed E-state index contributed by atoms with van der Waals surface area (Å²) in [5.41, 5.74) is 2.63. The summed E-state index contributed by atoms with van der Waals surface area (Å²) in [7, 11) is 4.58. The number of aromatic amines is 1. The number of allylic oxidation sites excluding steroid dienone is 1. The Morgan fingerprint density at radius 1 is 1.04 bits per heavy atom. The zero-order chi connectivity index (χ0) is 20.8. The van der Waals surface area contributed by atoms with Gasteiger partial charge in [-0.25, -0.2) is 4.79 Å². The Morgan fingerprint density at radius 3 is 2.14 bits per heavy atom. The highest BCUT2D eigenvalue weighted by molar-refractivity contribution is 6.10. The van der Waals surface area contributed by atoms with Gasteiger partial charge in [-0.3, -0.25) is 4.79 Å². The third-order valence-corrected chi connectivity index (χ3v) is 4.28. The van der Waals surface area contributed by atoms with Crippen molar-refractivity contribution in [2.75, 3.05) is 27.9 Å². The van der Waals surface area contributed by atoms with Crippen LogP contribution >= 0.6 is 0 Å². The number of ketones is 1. The van der Waals surface area contributed by atoms with E-state index in [4.69, 9.17) is 18.9 Å². The highest BCUT2D eigenvalue weighted by Gasteiger charge is 2.21. The van der Waals surface area contributed by atoms with Gasteiger partial charge >= 0.3 is 5.97 Å². The highest BCUT2D eigenvalue weighted by atomic mass is 16.5. The minimum absolute atomic E-state index is 0.226. The number of hydrogen-bond donors (Lipinski definition) is 1. The van der Waals surface area contributed by atoms with E-state index in [-0.39, 0.29) is 12.4 Å². The molecule has 1 N–H and O–H groups in total. The van der Waals surface area contributed by atoms with Crippen LogP contribution in [0.15, 0.2) is 18.2 Å². The van der Waals surface area contributed by atoms with Crippen molar-refractivity contribution in [3.8, 4) is 17.2 Å². The van der Waals surface area contributed by atoms with Gasteiger partial charge in [0, 0.05) is 11.3 Å². The van der Waals surface area contributed by atoms with Gasteiger partial charge < -0.3 is 23.9 Å². The van der Waals surface area contributed by atoms with E-state index in [0.29, 0.717) is 45.3 Å². The molecule has 0 spiro atoms. The van der Waals surface area contributed by atoms with Crippen LogP contribution in [-0.4, -0.2) is 44.7 Å². The van der Waals surface area contributed by atoms with Crippen LogP contribution in [0.2, 0.25) is 0 Å². The van der Waals surface area contributed by atoms with Crippen molar-refractivity contribution in [1.29, 1.82) is 0 Å². The fourth-order valence-electron chi connectivity index (χ4n) is 2.98. The number of nitrogens with one attached hydrogen (secondary N) is 1. The molecule has 0 atom stereocenters. The number of rotatable bonds is 8. The number of benzene rings is 1. The van der Waals surface area contributed by atoms with Crippen LogP contribution in [0.4, 0.5) is 0 Å². The monoisotopic (exact) mass is 387 g/mol. The van der Waals surface area contributed by atoms with Gasteiger partial charge in [0.2, 0.25) is 5.75 Å². The maximum atomic E-state index is 12.7. The molecular formula is C21H25NO6. The van der Waals surface area contributed by atoms with Gasteiger partial charge in [-0.1, -0.05) is 6.08 Å². The van der Waals surface area contributed by atoms with E-state index in [1.54, 1.807) is 39.0 Å². The first-order valence-corrected chi connectivity index (χ1v) is 8.76. The molecule has 0 fully saturated rings. The second-order valence-corrected chi connectivity index (χ2v) is 6.00. The molecule has 0 radical (unpaired) electrons. The van der Waals surface area contributed by atoms with E-state index in [1.165, 1.54) is 27.4 Å². The van der Waals surface area contributed by atoms with Crippen molar-refractivity contribution in [3.05, 3.63) is 46.3 Å². The molecule has 28 heavy (non-hydrogen) atoms. The van der Waals surface area contributed by atoms with Crippen molar-refractivity contribution in [1.82, 2.24) is 4.98 Å². The minimum atomic E-state index is -0.476. The molecule has 0 aliphatic rings. The molecule has 0 saturated heterocycles. The third-order valence-electron chi connectivity index (χ3n) is 4.28. The lowest BCUT2D eigenvalue weighted by Crippen LogP contribution is -2.07. The quantitative estimate of drug-likeness (QED) is 0.422. The summed E-state index contributed by atoms with van der Waals surface area (Å²) in [5.74, 6) is 0.760. The van der Waals surface area contributed by atoms with Crippen molar-refractivity contribution >= 4 is 17.8 Å². The lowest BCUT2D eigenvalue weighted by Gasteiger charge is -2.12. The number of carbonyl (C=O) groups excluding carboxylic acids is 2. The maximum Gasteiger partial charge on any atom is 0.355 e. The summed E-state index contributed by atoms with van der Waals surface area (Å²) in [6.07, 6.45) is 3.10. The summed E-state index contributed by atoms with van der Waals surface area (Å²) < 4.78 is 21.0. The van der Waals surface area contributed by atoms with Crippen molar-refractivity contribution < 1.29 is 28.5 Å². The molecule has 1 heterocycles. The standard InChI is InChI=1S/C21H25NO6/c1-7-28-21(24)19-12(2)18(13(3)22-19)15(23)9-8-14-10-16(25-4)20(27-6)17(11-14)26-5/h8-11,22H,7H2,1-6H3. The first-order chi connectivity index (χ1) is 13.4. The third kappa shape index (κ3) is 4.19.